The third-order valence-corrected chi connectivity index (χ3v) is 7.02. The topological polar surface area (TPSA) is 49.5 Å². The van der Waals surface area contributed by atoms with E-state index in [1.54, 1.807) is 21.3 Å². The molecule has 0 radical (unpaired) electrons. The molecule has 1 heterocycles. The molecule has 0 bridgehead atoms. The molecule has 1 saturated heterocycles. The molecule has 0 aromatic rings. The summed E-state index contributed by atoms with van der Waals surface area (Å²) in [6.45, 7) is 3.79. The zero-order chi connectivity index (χ0) is 16.3. The Bertz CT molecular complexity index is 261. The van der Waals surface area contributed by atoms with Gasteiger partial charge in [0.2, 0.25) is 0 Å². The predicted octanol–water partition coefficient (Wildman–Crippen LogP) is 3.40. The first-order valence-electron chi connectivity index (χ1n) is 8.58. The highest BCUT2D eigenvalue weighted by molar-refractivity contribution is 6.60. The molecule has 5 nitrogen and oxygen atoms in total. The fraction of sp³-hybridized carbons (Fsp3) is 1.00. The fourth-order valence-corrected chi connectivity index (χ4v) is 4.38. The molecule has 0 saturated carbocycles. The molecule has 2 atom stereocenters. The average molecular weight is 335 g/mol. The van der Waals surface area contributed by atoms with Crippen molar-refractivity contribution in [1.82, 2.24) is 0 Å². The van der Waals surface area contributed by atoms with Crippen molar-refractivity contribution in [1.29, 1.82) is 0 Å². The molecule has 0 aliphatic carbocycles. The van der Waals surface area contributed by atoms with Crippen LogP contribution >= 0.6 is 0 Å². The van der Waals surface area contributed by atoms with Gasteiger partial charge < -0.3 is 22.8 Å². The van der Waals surface area contributed by atoms with Crippen LogP contribution in [0.4, 0.5) is 0 Å². The summed E-state index contributed by atoms with van der Waals surface area (Å²) in [6.07, 6.45) is 9.02. The van der Waals surface area contributed by atoms with Crippen LogP contribution in [0, 0.1) is 0 Å². The average Bonchev–Trinajstić information content (AvgIpc) is 3.37. The number of rotatable bonds is 15. The number of hydrogen-bond donors (Lipinski definition) is 0. The molecular weight excluding hydrogens is 300 g/mol. The summed E-state index contributed by atoms with van der Waals surface area (Å²) in [5, 5.41) is 0. The monoisotopic (exact) mass is 334 g/mol. The van der Waals surface area contributed by atoms with Gasteiger partial charge in [-0.15, -0.1) is 0 Å². The van der Waals surface area contributed by atoms with Gasteiger partial charge in [-0.2, -0.15) is 0 Å². The Morgan fingerprint density at radius 3 is 2.18 bits per heavy atom. The number of ether oxygens (including phenoxy) is 2. The van der Waals surface area contributed by atoms with Crippen molar-refractivity contribution in [3.63, 3.8) is 0 Å². The quantitative estimate of drug-likeness (QED) is 0.261. The summed E-state index contributed by atoms with van der Waals surface area (Å²) in [5.74, 6) is 0. The number of epoxide rings is 1. The van der Waals surface area contributed by atoms with Gasteiger partial charge in [0.15, 0.2) is 0 Å². The summed E-state index contributed by atoms with van der Waals surface area (Å²) < 4.78 is 27.8. The number of unbranched alkanes of at least 4 members (excludes halogenated alkanes) is 4. The summed E-state index contributed by atoms with van der Waals surface area (Å²) in [7, 11) is 2.50. The van der Waals surface area contributed by atoms with E-state index in [0.29, 0.717) is 12.7 Å². The van der Waals surface area contributed by atoms with Crippen molar-refractivity contribution in [3.05, 3.63) is 0 Å². The largest absolute Gasteiger partial charge is 0.500 e. The van der Waals surface area contributed by atoms with Crippen molar-refractivity contribution in [2.75, 3.05) is 34.5 Å². The van der Waals surface area contributed by atoms with Gasteiger partial charge in [-0.25, -0.2) is 0 Å². The Kier molecular flexibility index (Phi) is 10.5. The van der Waals surface area contributed by atoms with E-state index in [0.717, 1.165) is 25.5 Å². The van der Waals surface area contributed by atoms with Crippen molar-refractivity contribution in [2.45, 2.75) is 70.1 Å². The molecule has 6 heteroatoms. The van der Waals surface area contributed by atoms with Crippen molar-refractivity contribution >= 4 is 8.80 Å². The van der Waals surface area contributed by atoms with Crippen LogP contribution in [0.15, 0.2) is 0 Å². The number of hydrogen-bond acceptors (Lipinski definition) is 5. The zero-order valence-electron chi connectivity index (χ0n) is 14.8. The second-order valence-electron chi connectivity index (χ2n) is 5.95. The highest BCUT2D eigenvalue weighted by Crippen LogP contribution is 2.22. The lowest BCUT2D eigenvalue weighted by Gasteiger charge is -2.26. The fourth-order valence-electron chi connectivity index (χ4n) is 2.59. The molecule has 0 aromatic heterocycles. The van der Waals surface area contributed by atoms with Crippen LogP contribution in [0.5, 0.6) is 0 Å². The second-order valence-corrected chi connectivity index (χ2v) is 9.04. The van der Waals surface area contributed by atoms with Crippen LogP contribution in [-0.2, 0) is 22.8 Å². The van der Waals surface area contributed by atoms with Crippen molar-refractivity contribution in [2.24, 2.45) is 0 Å². The second kappa shape index (κ2) is 11.5. The Hall–Kier alpha value is 0.0169. The maximum absolute atomic E-state index is 6.03. The molecule has 0 N–H and O–H groups in total. The van der Waals surface area contributed by atoms with E-state index in [4.69, 9.17) is 22.8 Å². The summed E-state index contributed by atoms with van der Waals surface area (Å²) in [5.41, 5.74) is 0. The van der Waals surface area contributed by atoms with Gasteiger partial charge in [0.25, 0.3) is 0 Å². The standard InChI is InChI=1S/C16H34O5Si/c1-5-6-7-8-9-10-15(20-13-16-14-21-16)11-12-22(17-2,18-3)19-4/h15-16H,5-14H2,1-4H3. The minimum absolute atomic E-state index is 0.248. The van der Waals surface area contributed by atoms with E-state index < -0.39 is 8.80 Å². The van der Waals surface area contributed by atoms with Gasteiger partial charge in [0.05, 0.1) is 19.3 Å². The molecule has 132 valence electrons. The third kappa shape index (κ3) is 8.03. The maximum atomic E-state index is 6.03. The van der Waals surface area contributed by atoms with Crippen LogP contribution in [0.3, 0.4) is 0 Å². The molecule has 1 aliphatic rings. The normalized spacial score (nSPS) is 19.4. The lowest BCUT2D eigenvalue weighted by molar-refractivity contribution is 0.0284. The van der Waals surface area contributed by atoms with Gasteiger partial charge in [0, 0.05) is 27.4 Å². The SMILES string of the molecule is CCCCCCCC(CC[Si](OC)(OC)OC)OCC1CO1. The summed E-state index contributed by atoms with van der Waals surface area (Å²) in [4.78, 5) is 0. The van der Waals surface area contributed by atoms with Crippen molar-refractivity contribution in [3.8, 4) is 0 Å². The Balaban J connectivity index is 2.31. The first-order chi connectivity index (χ1) is 10.7. The van der Waals surface area contributed by atoms with Crippen LogP contribution < -0.4 is 0 Å². The molecule has 1 fully saturated rings. The van der Waals surface area contributed by atoms with Gasteiger partial charge in [0.1, 0.15) is 6.10 Å². The summed E-state index contributed by atoms with van der Waals surface area (Å²) in [6, 6.07) is 0.793. The molecule has 1 aliphatic heterocycles. The van der Waals surface area contributed by atoms with E-state index in [1.165, 1.54) is 32.1 Å². The van der Waals surface area contributed by atoms with E-state index in [9.17, 15) is 0 Å². The van der Waals surface area contributed by atoms with E-state index in [1.807, 2.05) is 0 Å². The summed E-state index contributed by atoms with van der Waals surface area (Å²) >= 11 is 0. The minimum Gasteiger partial charge on any atom is -0.377 e. The molecule has 1 rings (SSSR count). The molecule has 22 heavy (non-hydrogen) atoms. The van der Waals surface area contributed by atoms with Gasteiger partial charge in [-0.05, 0) is 12.8 Å². The van der Waals surface area contributed by atoms with Crippen LogP contribution in [0.1, 0.15) is 51.9 Å². The first-order valence-corrected chi connectivity index (χ1v) is 10.5. The van der Waals surface area contributed by atoms with Crippen LogP contribution in [0.2, 0.25) is 6.04 Å². The van der Waals surface area contributed by atoms with Gasteiger partial charge in [-0.1, -0.05) is 39.0 Å². The molecule has 0 spiro atoms. The zero-order valence-corrected chi connectivity index (χ0v) is 15.8. The first kappa shape index (κ1) is 20.1. The molecule has 0 amide bonds. The Morgan fingerprint density at radius 1 is 1.00 bits per heavy atom. The van der Waals surface area contributed by atoms with E-state index in [2.05, 4.69) is 6.92 Å². The molecule has 0 aromatic carbocycles. The van der Waals surface area contributed by atoms with Crippen LogP contribution in [-0.4, -0.2) is 55.6 Å². The Labute approximate surface area is 137 Å². The molecule has 2 unspecified atom stereocenters. The minimum atomic E-state index is -2.49. The van der Waals surface area contributed by atoms with Crippen molar-refractivity contribution < 1.29 is 22.8 Å². The van der Waals surface area contributed by atoms with Gasteiger partial charge >= 0.3 is 8.80 Å². The predicted molar refractivity (Wildman–Crippen MR) is 89.1 cm³/mol. The maximum Gasteiger partial charge on any atom is 0.500 e. The lowest BCUT2D eigenvalue weighted by atomic mass is 10.1. The highest BCUT2D eigenvalue weighted by atomic mass is 28.4. The smallest absolute Gasteiger partial charge is 0.377 e. The van der Waals surface area contributed by atoms with E-state index in [-0.39, 0.29) is 6.10 Å². The van der Waals surface area contributed by atoms with Gasteiger partial charge in [-0.3, -0.25) is 0 Å². The highest BCUT2D eigenvalue weighted by Gasteiger charge is 2.38. The Morgan fingerprint density at radius 2 is 1.64 bits per heavy atom. The van der Waals surface area contributed by atoms with E-state index >= 15 is 0 Å². The van der Waals surface area contributed by atoms with Crippen LogP contribution in [0.25, 0.3) is 0 Å². The third-order valence-electron chi connectivity index (χ3n) is 4.26. The molecular formula is C16H34O5Si. The lowest BCUT2D eigenvalue weighted by Crippen LogP contribution is -2.43.